The van der Waals surface area contributed by atoms with E-state index in [-0.39, 0.29) is 12.4 Å². The number of phenols is 1. The maximum absolute atomic E-state index is 11.5. The second-order valence-electron chi connectivity index (χ2n) is 4.28. The Morgan fingerprint density at radius 3 is 2.91 bits per heavy atom. The number of amides is 1. The molecule has 0 atom stereocenters. The Labute approximate surface area is 131 Å². The molecule has 1 heterocycles. The molecule has 22 heavy (non-hydrogen) atoms. The summed E-state index contributed by atoms with van der Waals surface area (Å²) in [6.45, 7) is 1.57. The maximum atomic E-state index is 11.5. The molecule has 2 N–H and O–H groups in total. The molecule has 7 heteroatoms. The molecule has 0 saturated carbocycles. The largest absolute Gasteiger partial charge is 0.507 e. The monoisotopic (exact) mass is 317 g/mol. The first-order chi connectivity index (χ1) is 10.7. The fourth-order valence-electron chi connectivity index (χ4n) is 1.52. The van der Waals surface area contributed by atoms with Crippen LogP contribution in [0.5, 0.6) is 5.75 Å². The van der Waals surface area contributed by atoms with E-state index in [1.807, 2.05) is 17.5 Å². The van der Waals surface area contributed by atoms with Gasteiger partial charge in [-0.3, -0.25) is 4.79 Å². The zero-order chi connectivity index (χ0) is 15.8. The van der Waals surface area contributed by atoms with Crippen LogP contribution in [-0.4, -0.2) is 29.5 Å². The molecule has 1 aromatic heterocycles. The minimum absolute atomic E-state index is 0.0907. The summed E-state index contributed by atoms with van der Waals surface area (Å²) in [5.41, 5.74) is 3.51. The second-order valence-corrected chi connectivity index (χ2v) is 5.23. The summed E-state index contributed by atoms with van der Waals surface area (Å²) in [7, 11) is 0. The summed E-state index contributed by atoms with van der Waals surface area (Å²) in [6.07, 6.45) is 1.35. The minimum atomic E-state index is -0.436. The van der Waals surface area contributed by atoms with Crippen molar-refractivity contribution in [3.05, 3.63) is 52.2 Å². The number of oxime groups is 1. The van der Waals surface area contributed by atoms with Gasteiger partial charge in [0.25, 0.3) is 5.91 Å². The van der Waals surface area contributed by atoms with Gasteiger partial charge in [0.05, 0.1) is 16.8 Å². The standard InChI is InChI=1S/C15H15N3O3S/c1-11(14-7-4-8-22-14)18-21-10-15(20)17-16-9-12-5-2-3-6-13(12)19/h2-9,19H,10H2,1H3,(H,17,20)/b16-9+,18-11+. The van der Waals surface area contributed by atoms with Crippen LogP contribution in [0.1, 0.15) is 17.4 Å². The van der Waals surface area contributed by atoms with Gasteiger partial charge in [0.2, 0.25) is 0 Å². The number of nitrogens with one attached hydrogen (secondary N) is 1. The van der Waals surface area contributed by atoms with Crippen LogP contribution in [0.3, 0.4) is 0 Å². The number of aromatic hydroxyl groups is 1. The summed E-state index contributed by atoms with van der Waals surface area (Å²) in [5, 5.41) is 19.1. The maximum Gasteiger partial charge on any atom is 0.280 e. The highest BCUT2D eigenvalue weighted by Crippen LogP contribution is 2.12. The van der Waals surface area contributed by atoms with E-state index in [1.54, 1.807) is 36.5 Å². The third-order valence-corrected chi connectivity index (χ3v) is 3.58. The number of phenolic OH excluding ortho intramolecular Hbond substituents is 1. The number of carbonyl (C=O) groups excluding carboxylic acids is 1. The smallest absolute Gasteiger partial charge is 0.280 e. The van der Waals surface area contributed by atoms with Crippen LogP contribution in [0.25, 0.3) is 0 Å². The van der Waals surface area contributed by atoms with E-state index < -0.39 is 5.91 Å². The van der Waals surface area contributed by atoms with Crippen LogP contribution >= 0.6 is 11.3 Å². The fourth-order valence-corrected chi connectivity index (χ4v) is 2.19. The van der Waals surface area contributed by atoms with E-state index in [4.69, 9.17) is 4.84 Å². The lowest BCUT2D eigenvalue weighted by molar-refractivity contribution is -0.125. The number of benzene rings is 1. The molecule has 2 rings (SSSR count). The summed E-state index contributed by atoms with van der Waals surface area (Å²) < 4.78 is 0. The van der Waals surface area contributed by atoms with Crippen molar-refractivity contribution < 1.29 is 14.7 Å². The predicted molar refractivity (Wildman–Crippen MR) is 86.3 cm³/mol. The highest BCUT2D eigenvalue weighted by atomic mass is 32.1. The summed E-state index contributed by atoms with van der Waals surface area (Å²) in [6, 6.07) is 10.5. The molecule has 0 radical (unpaired) electrons. The van der Waals surface area contributed by atoms with Gasteiger partial charge in [0.15, 0.2) is 6.61 Å². The number of para-hydroxylation sites is 1. The molecule has 114 valence electrons. The molecule has 6 nitrogen and oxygen atoms in total. The Bertz CT molecular complexity index is 681. The van der Waals surface area contributed by atoms with Crippen molar-refractivity contribution in [2.75, 3.05) is 6.61 Å². The van der Waals surface area contributed by atoms with Crippen molar-refractivity contribution in [3.8, 4) is 5.75 Å². The molecule has 0 aliphatic rings. The zero-order valence-electron chi connectivity index (χ0n) is 11.9. The lowest BCUT2D eigenvalue weighted by atomic mass is 10.2. The molecule has 1 aromatic carbocycles. The third-order valence-electron chi connectivity index (χ3n) is 2.60. The van der Waals surface area contributed by atoms with Gasteiger partial charge in [-0.05, 0) is 30.5 Å². The van der Waals surface area contributed by atoms with Crippen molar-refractivity contribution in [2.24, 2.45) is 10.3 Å². The van der Waals surface area contributed by atoms with Gasteiger partial charge >= 0.3 is 0 Å². The van der Waals surface area contributed by atoms with E-state index >= 15 is 0 Å². The van der Waals surface area contributed by atoms with E-state index in [1.165, 1.54) is 12.3 Å². The molecule has 0 spiro atoms. The first-order valence-electron chi connectivity index (χ1n) is 6.47. The average Bonchev–Trinajstić information content (AvgIpc) is 3.03. The molecule has 0 saturated heterocycles. The molecule has 0 unspecified atom stereocenters. The third kappa shape index (κ3) is 4.71. The molecule has 2 aromatic rings. The Balaban J connectivity index is 1.77. The highest BCUT2D eigenvalue weighted by molar-refractivity contribution is 7.12. The van der Waals surface area contributed by atoms with Crippen molar-refractivity contribution >= 4 is 29.2 Å². The molecular weight excluding hydrogens is 302 g/mol. The Kier molecular flexibility index (Phi) is 5.67. The van der Waals surface area contributed by atoms with Gasteiger partial charge in [-0.2, -0.15) is 5.10 Å². The van der Waals surface area contributed by atoms with Gasteiger partial charge < -0.3 is 9.94 Å². The molecule has 0 aliphatic carbocycles. The normalized spacial score (nSPS) is 11.6. The van der Waals surface area contributed by atoms with Gasteiger partial charge in [-0.25, -0.2) is 5.43 Å². The van der Waals surface area contributed by atoms with Crippen LogP contribution < -0.4 is 5.43 Å². The molecule has 0 bridgehead atoms. The first-order valence-corrected chi connectivity index (χ1v) is 7.35. The van der Waals surface area contributed by atoms with Crippen molar-refractivity contribution in [1.82, 2.24) is 5.43 Å². The van der Waals surface area contributed by atoms with Gasteiger partial charge in [0.1, 0.15) is 5.75 Å². The quantitative estimate of drug-likeness (QED) is 0.633. The highest BCUT2D eigenvalue weighted by Gasteiger charge is 2.02. The number of hydrogen-bond acceptors (Lipinski definition) is 6. The van der Waals surface area contributed by atoms with Gasteiger partial charge in [-0.1, -0.05) is 23.4 Å². The van der Waals surface area contributed by atoms with E-state index in [2.05, 4.69) is 15.7 Å². The van der Waals surface area contributed by atoms with Crippen LogP contribution in [-0.2, 0) is 9.63 Å². The summed E-state index contributed by atoms with van der Waals surface area (Å²) in [4.78, 5) is 17.5. The van der Waals surface area contributed by atoms with E-state index in [0.29, 0.717) is 11.3 Å². The lowest BCUT2D eigenvalue weighted by Crippen LogP contribution is -2.22. The van der Waals surface area contributed by atoms with E-state index in [9.17, 15) is 9.90 Å². The number of thiophene rings is 1. The zero-order valence-corrected chi connectivity index (χ0v) is 12.7. The number of carbonyl (C=O) groups is 1. The first kappa shape index (κ1) is 15.7. The lowest BCUT2D eigenvalue weighted by Gasteiger charge is -2.00. The Morgan fingerprint density at radius 2 is 2.18 bits per heavy atom. The fraction of sp³-hybridized carbons (Fsp3) is 0.133. The molecule has 1 amide bonds. The van der Waals surface area contributed by atoms with E-state index in [0.717, 1.165) is 4.88 Å². The molecule has 0 fully saturated rings. The van der Waals surface area contributed by atoms with Crippen molar-refractivity contribution in [3.63, 3.8) is 0 Å². The molecular formula is C15H15N3O3S. The van der Waals surface area contributed by atoms with Crippen LogP contribution in [0, 0.1) is 0 Å². The molecule has 0 aliphatic heterocycles. The number of rotatable bonds is 6. The van der Waals surface area contributed by atoms with Crippen molar-refractivity contribution in [1.29, 1.82) is 0 Å². The summed E-state index contributed by atoms with van der Waals surface area (Å²) in [5.74, 6) is -0.345. The summed E-state index contributed by atoms with van der Waals surface area (Å²) >= 11 is 1.54. The Morgan fingerprint density at radius 1 is 1.36 bits per heavy atom. The minimum Gasteiger partial charge on any atom is -0.507 e. The van der Waals surface area contributed by atoms with Crippen LogP contribution in [0.15, 0.2) is 52.0 Å². The topological polar surface area (TPSA) is 83.3 Å². The Hall–Kier alpha value is -2.67. The second kappa shape index (κ2) is 7.94. The van der Waals surface area contributed by atoms with Crippen molar-refractivity contribution in [2.45, 2.75) is 6.92 Å². The number of hydrogen-bond donors (Lipinski definition) is 2. The van der Waals surface area contributed by atoms with Gasteiger partial charge in [-0.15, -0.1) is 11.3 Å². The van der Waals surface area contributed by atoms with Crippen LogP contribution in [0.4, 0.5) is 0 Å². The number of hydrazone groups is 1. The SMILES string of the molecule is C/C(=N\OCC(=O)N/N=C/c1ccccc1O)c1cccs1. The average molecular weight is 317 g/mol. The van der Waals surface area contributed by atoms with Crippen LogP contribution in [0.2, 0.25) is 0 Å². The van der Waals surface area contributed by atoms with Gasteiger partial charge in [0, 0.05) is 5.56 Å². The predicted octanol–water partition coefficient (Wildman–Crippen LogP) is 2.34. The number of nitrogens with zero attached hydrogens (tertiary/aromatic N) is 2.